The summed E-state index contributed by atoms with van der Waals surface area (Å²) in [5, 5.41) is 6.62. The summed E-state index contributed by atoms with van der Waals surface area (Å²) in [4.78, 5) is 44.7. The molecule has 2 amide bonds. The van der Waals surface area contributed by atoms with Crippen LogP contribution in [0.4, 0.5) is 13.2 Å². The number of aromatic amines is 1. The molecule has 1 aromatic carbocycles. The number of hydrogen-bond acceptors (Lipinski definition) is 4. The lowest BCUT2D eigenvalue weighted by Gasteiger charge is -2.35. The summed E-state index contributed by atoms with van der Waals surface area (Å²) in [6.07, 6.45) is 0.186. The lowest BCUT2D eigenvalue weighted by Crippen LogP contribution is -2.60. The van der Waals surface area contributed by atoms with Crippen molar-refractivity contribution in [3.8, 4) is 0 Å². The molecule has 2 unspecified atom stereocenters. The highest BCUT2D eigenvalue weighted by Gasteiger charge is 2.51. The fourth-order valence-electron chi connectivity index (χ4n) is 4.97. The van der Waals surface area contributed by atoms with Gasteiger partial charge in [0.25, 0.3) is 11.8 Å². The van der Waals surface area contributed by atoms with Crippen molar-refractivity contribution in [3.63, 3.8) is 0 Å². The molecule has 184 valence electrons. The summed E-state index contributed by atoms with van der Waals surface area (Å²) in [5.41, 5.74) is 3.46. The molecule has 2 aliphatic rings. The Kier molecular flexibility index (Phi) is 6.57. The third kappa shape index (κ3) is 4.75. The van der Waals surface area contributed by atoms with E-state index in [1.54, 1.807) is 6.07 Å². The van der Waals surface area contributed by atoms with Crippen molar-refractivity contribution in [3.05, 3.63) is 35.0 Å². The quantitative estimate of drug-likeness (QED) is 0.572. The molecule has 4 rings (SSSR count). The van der Waals surface area contributed by atoms with Gasteiger partial charge in [-0.05, 0) is 48.9 Å². The van der Waals surface area contributed by atoms with Crippen LogP contribution in [0.1, 0.15) is 47.2 Å². The highest BCUT2D eigenvalue weighted by Crippen LogP contribution is 2.29. The highest BCUT2D eigenvalue weighted by atomic mass is 19.4. The van der Waals surface area contributed by atoms with Crippen molar-refractivity contribution in [1.29, 1.82) is 0 Å². The predicted octanol–water partition coefficient (Wildman–Crippen LogP) is 2.52. The number of fused-ring (bicyclic) bond motifs is 3. The zero-order valence-corrected chi connectivity index (χ0v) is 18.9. The molecule has 3 N–H and O–H groups in total. The maximum atomic E-state index is 13.0. The van der Waals surface area contributed by atoms with Crippen LogP contribution >= 0.6 is 0 Å². The summed E-state index contributed by atoms with van der Waals surface area (Å²) in [6, 6.07) is 2.72. The van der Waals surface area contributed by atoms with E-state index in [1.165, 1.54) is 7.05 Å². The summed E-state index contributed by atoms with van der Waals surface area (Å²) >= 11 is 0. The summed E-state index contributed by atoms with van der Waals surface area (Å²) in [6.45, 7) is 0.947. The van der Waals surface area contributed by atoms with E-state index in [0.29, 0.717) is 44.2 Å². The summed E-state index contributed by atoms with van der Waals surface area (Å²) in [5.74, 6) is -2.84. The normalized spacial score (nSPS) is 23.1. The lowest BCUT2D eigenvalue weighted by molar-refractivity contribution is -1.09. The Bertz CT molecular complexity index is 1110. The summed E-state index contributed by atoms with van der Waals surface area (Å²) in [7, 11) is 1.36. The first-order chi connectivity index (χ1) is 16.1. The first-order valence-corrected chi connectivity index (χ1v) is 11.4. The van der Waals surface area contributed by atoms with Gasteiger partial charge in [0.05, 0.1) is 0 Å². The van der Waals surface area contributed by atoms with Crippen LogP contribution in [0.5, 0.6) is 0 Å². The number of carbonyl (C=O) groups is 3. The zero-order chi connectivity index (χ0) is 24.5. The van der Waals surface area contributed by atoms with E-state index in [2.05, 4.69) is 15.6 Å². The van der Waals surface area contributed by atoms with Crippen molar-refractivity contribution in [2.45, 2.75) is 50.7 Å². The van der Waals surface area contributed by atoms with Gasteiger partial charge in [0.2, 0.25) is 6.04 Å². The minimum atomic E-state index is -5.13. The van der Waals surface area contributed by atoms with E-state index >= 15 is 0 Å². The Morgan fingerprint density at radius 2 is 2.03 bits per heavy atom. The smallest absolute Gasteiger partial charge is 0.361 e. The maximum absolute atomic E-state index is 13.0. The van der Waals surface area contributed by atoms with E-state index in [9.17, 15) is 27.6 Å². The van der Waals surface area contributed by atoms with Crippen molar-refractivity contribution < 1.29 is 37.0 Å². The molecule has 1 fully saturated rings. The third-order valence-corrected chi connectivity index (χ3v) is 6.70. The van der Waals surface area contributed by atoms with Gasteiger partial charge < -0.3 is 15.6 Å². The van der Waals surface area contributed by atoms with Crippen molar-refractivity contribution in [2.24, 2.45) is 0 Å². The van der Waals surface area contributed by atoms with Crippen LogP contribution in [0.2, 0.25) is 0 Å². The van der Waals surface area contributed by atoms with Crippen LogP contribution in [-0.2, 0) is 27.3 Å². The van der Waals surface area contributed by atoms with Crippen molar-refractivity contribution in [1.82, 2.24) is 15.6 Å². The van der Waals surface area contributed by atoms with Crippen LogP contribution in [0.15, 0.2) is 18.3 Å². The molecule has 2 aliphatic heterocycles. The molecule has 3 heterocycles. The number of likely N-dealkylation sites (tertiary alicyclic amines) is 1. The number of nitrogens with zero attached hydrogens (tertiary/aromatic N) is 1. The number of hydroxylamine groups is 3. The number of likely N-dealkylation sites (N-methyl/N-ethyl adjacent to an activating group) is 1. The van der Waals surface area contributed by atoms with Gasteiger partial charge >= 0.3 is 12.1 Å². The fraction of sp³-hybridized carbons (Fsp3) is 0.522. The topological polar surface area (TPSA) is 100 Å². The molecule has 34 heavy (non-hydrogen) atoms. The number of alkyl halides is 3. The van der Waals surface area contributed by atoms with E-state index in [4.69, 9.17) is 4.84 Å². The average Bonchev–Trinajstić information content (AvgIpc) is 3.09. The zero-order valence-electron chi connectivity index (χ0n) is 18.9. The van der Waals surface area contributed by atoms with Crippen LogP contribution in [-0.4, -0.2) is 66.3 Å². The number of hydrogen-bond donors (Lipinski definition) is 3. The Hall–Kier alpha value is -3.08. The number of quaternary nitrogens is 1. The highest BCUT2D eigenvalue weighted by molar-refractivity contribution is 6.02. The number of amides is 2. The van der Waals surface area contributed by atoms with Gasteiger partial charge in [-0.1, -0.05) is 0 Å². The van der Waals surface area contributed by atoms with Crippen molar-refractivity contribution >= 4 is 28.7 Å². The van der Waals surface area contributed by atoms with E-state index in [-0.39, 0.29) is 19.0 Å². The molecule has 11 heteroatoms. The van der Waals surface area contributed by atoms with E-state index in [0.717, 1.165) is 28.5 Å². The van der Waals surface area contributed by atoms with Crippen LogP contribution < -0.4 is 10.6 Å². The lowest BCUT2D eigenvalue weighted by atomic mass is 9.94. The second kappa shape index (κ2) is 9.28. The molecular formula is C23H28F3N4O4+. The molecule has 0 saturated carbocycles. The molecule has 0 aliphatic carbocycles. The standard InChI is InChI=1S/C23H27F3N4O4/c1-30(34-22(33)23(24,25)26)12-4-2-3-5-18(30)21(32)28-10-8-14-13-29-17-7-6-16-15(19(14)17)9-11-27-20(16)31/h6-7,13,18H,2-5,8-12H2,1H3,(H2-,27,28,29,31,32)/p+1. The molecule has 2 aromatic rings. The van der Waals surface area contributed by atoms with Gasteiger partial charge in [0.1, 0.15) is 13.6 Å². The largest absolute Gasteiger partial charge is 0.497 e. The minimum absolute atomic E-state index is 0.109. The molecule has 0 radical (unpaired) electrons. The molecule has 1 aromatic heterocycles. The molecule has 0 spiro atoms. The van der Waals surface area contributed by atoms with Crippen molar-refractivity contribution in [2.75, 3.05) is 26.7 Å². The molecule has 8 nitrogen and oxygen atoms in total. The van der Waals surface area contributed by atoms with Gasteiger partial charge in [-0.3, -0.25) is 14.4 Å². The predicted molar refractivity (Wildman–Crippen MR) is 117 cm³/mol. The van der Waals surface area contributed by atoms with Gasteiger partial charge in [-0.2, -0.15) is 13.2 Å². The molecule has 0 bridgehead atoms. The van der Waals surface area contributed by atoms with E-state index < -0.39 is 28.7 Å². The van der Waals surface area contributed by atoms with Gasteiger partial charge in [-0.25, -0.2) is 4.79 Å². The monoisotopic (exact) mass is 481 g/mol. The number of carbonyl (C=O) groups excluding carboxylic acids is 3. The van der Waals surface area contributed by atoms with Gasteiger partial charge in [0, 0.05) is 48.6 Å². The van der Waals surface area contributed by atoms with Gasteiger partial charge in [0.15, 0.2) is 0 Å². The summed E-state index contributed by atoms with van der Waals surface area (Å²) < 4.78 is 37.7. The number of nitrogens with one attached hydrogen (secondary N) is 3. The molecule has 2 atom stereocenters. The Morgan fingerprint density at radius 3 is 2.79 bits per heavy atom. The Labute approximate surface area is 194 Å². The van der Waals surface area contributed by atoms with Gasteiger partial charge in [-0.15, -0.1) is 4.65 Å². The van der Waals surface area contributed by atoms with Crippen LogP contribution in [0.3, 0.4) is 0 Å². The third-order valence-electron chi connectivity index (χ3n) is 6.70. The first-order valence-electron chi connectivity index (χ1n) is 11.4. The van der Waals surface area contributed by atoms with Crippen LogP contribution in [0, 0.1) is 0 Å². The van der Waals surface area contributed by atoms with E-state index in [1.807, 2.05) is 12.3 Å². The maximum Gasteiger partial charge on any atom is 0.497 e. The second-order valence-electron chi connectivity index (χ2n) is 9.01. The number of H-pyrrole nitrogens is 1. The number of halogens is 3. The SMILES string of the molecule is C[N+]1(OC(=O)C(F)(F)F)CCCCCC1C(=O)NCCc1c[nH]c2ccc3c(c12)CCNC3=O. The Balaban J connectivity index is 1.46. The molecular weight excluding hydrogens is 453 g/mol. The fourth-order valence-corrected chi connectivity index (χ4v) is 4.97. The second-order valence-corrected chi connectivity index (χ2v) is 9.01. The number of rotatable bonds is 5. The van der Waals surface area contributed by atoms with Crippen LogP contribution in [0.25, 0.3) is 10.9 Å². The average molecular weight is 481 g/mol. The Morgan fingerprint density at radius 1 is 1.24 bits per heavy atom. The first kappa shape index (κ1) is 24.1. The number of benzene rings is 1. The minimum Gasteiger partial charge on any atom is -0.361 e. The number of aromatic nitrogens is 1. The molecule has 1 saturated heterocycles.